The molecule has 4 heteroatoms. The van der Waals surface area contributed by atoms with Crippen molar-refractivity contribution >= 4 is 11.6 Å². The van der Waals surface area contributed by atoms with Gasteiger partial charge >= 0.3 is 0 Å². The highest BCUT2D eigenvalue weighted by Crippen LogP contribution is 2.35. The molecule has 3 heterocycles. The van der Waals surface area contributed by atoms with Crippen molar-refractivity contribution in [3.05, 3.63) is 82.0 Å². The predicted octanol–water partition coefficient (Wildman–Crippen LogP) is 4.80. The number of hydrogen-bond donors (Lipinski definition) is 0. The summed E-state index contributed by atoms with van der Waals surface area (Å²) in [6.45, 7) is 8.28. The maximum absolute atomic E-state index is 6.15. The fourth-order valence-electron chi connectivity index (χ4n) is 5.30. The van der Waals surface area contributed by atoms with E-state index in [-0.39, 0.29) is 0 Å². The molecule has 5 rings (SSSR count). The van der Waals surface area contributed by atoms with Crippen molar-refractivity contribution in [2.24, 2.45) is 0 Å². The summed E-state index contributed by atoms with van der Waals surface area (Å²) in [5.74, 6) is 0. The minimum absolute atomic E-state index is 0.303. The van der Waals surface area contributed by atoms with Gasteiger partial charge in [0.25, 0.3) is 0 Å². The van der Waals surface area contributed by atoms with Crippen LogP contribution in [0.3, 0.4) is 0 Å². The average molecular weight is 408 g/mol. The lowest BCUT2D eigenvalue weighted by Crippen LogP contribution is -2.48. The van der Waals surface area contributed by atoms with Crippen molar-refractivity contribution in [2.75, 3.05) is 45.8 Å². The number of piperidine rings is 1. The summed E-state index contributed by atoms with van der Waals surface area (Å²) < 4.78 is 0. The Kier molecular flexibility index (Phi) is 5.63. The lowest BCUT2D eigenvalue weighted by atomic mass is 9.96. The molecule has 0 radical (unpaired) electrons. The van der Waals surface area contributed by atoms with E-state index in [1.165, 1.54) is 50.0 Å². The van der Waals surface area contributed by atoms with E-state index in [1.807, 2.05) is 12.1 Å². The minimum atomic E-state index is 0.303. The van der Waals surface area contributed by atoms with Crippen molar-refractivity contribution in [1.29, 1.82) is 0 Å². The second kappa shape index (κ2) is 8.51. The van der Waals surface area contributed by atoms with Gasteiger partial charge in [-0.3, -0.25) is 4.90 Å². The molecule has 1 atom stereocenters. The molecule has 2 aromatic rings. The largest absolute Gasteiger partial charge is 0.374 e. The standard InChI is InChI=1S/C25H30ClN3/c26-23-8-6-22(7-9-23)25(21-4-2-1-3-5-21)29-18-16-27(17-19-29)13-12-24-20-10-14-28(24)15-11-20/h1-9,25H,10-19H2. The number of rotatable bonds is 6. The summed E-state index contributed by atoms with van der Waals surface area (Å²) in [5.41, 5.74) is 6.12. The zero-order valence-corrected chi connectivity index (χ0v) is 17.8. The second-order valence-electron chi connectivity index (χ2n) is 8.53. The van der Waals surface area contributed by atoms with Gasteiger partial charge in [0.15, 0.2) is 0 Å². The summed E-state index contributed by atoms with van der Waals surface area (Å²) >= 11 is 6.15. The van der Waals surface area contributed by atoms with Gasteiger partial charge < -0.3 is 9.80 Å². The van der Waals surface area contributed by atoms with E-state index >= 15 is 0 Å². The van der Waals surface area contributed by atoms with Crippen LogP contribution >= 0.6 is 11.6 Å². The average Bonchev–Trinajstić information content (AvgIpc) is 3.35. The summed E-state index contributed by atoms with van der Waals surface area (Å²) in [7, 11) is 0. The minimum Gasteiger partial charge on any atom is -0.374 e. The van der Waals surface area contributed by atoms with Crippen molar-refractivity contribution in [3.63, 3.8) is 0 Å². The predicted molar refractivity (Wildman–Crippen MR) is 120 cm³/mol. The van der Waals surface area contributed by atoms with Crippen molar-refractivity contribution in [3.8, 4) is 0 Å². The first-order valence-electron chi connectivity index (χ1n) is 11.0. The molecule has 29 heavy (non-hydrogen) atoms. The maximum Gasteiger partial charge on any atom is 0.0602 e. The Morgan fingerprint density at radius 3 is 2.03 bits per heavy atom. The van der Waals surface area contributed by atoms with E-state index in [0.717, 1.165) is 31.2 Å². The molecular weight excluding hydrogens is 378 g/mol. The molecular formula is C25H30ClN3. The molecule has 0 saturated carbocycles. The van der Waals surface area contributed by atoms with Crippen LogP contribution in [-0.4, -0.2) is 60.5 Å². The smallest absolute Gasteiger partial charge is 0.0602 e. The molecule has 1 unspecified atom stereocenters. The third kappa shape index (κ3) is 4.09. The van der Waals surface area contributed by atoms with Gasteiger partial charge in [-0.25, -0.2) is 0 Å². The highest BCUT2D eigenvalue weighted by Gasteiger charge is 2.30. The van der Waals surface area contributed by atoms with Crippen LogP contribution in [0.15, 0.2) is 65.9 Å². The van der Waals surface area contributed by atoms with Crippen LogP contribution in [0.1, 0.15) is 36.4 Å². The van der Waals surface area contributed by atoms with Gasteiger partial charge in [0.2, 0.25) is 0 Å². The van der Waals surface area contributed by atoms with E-state index in [4.69, 9.17) is 11.6 Å². The quantitative estimate of drug-likeness (QED) is 0.680. The number of fused-ring (bicyclic) bond motifs is 1. The molecule has 0 aliphatic carbocycles. The first-order chi connectivity index (χ1) is 14.3. The third-order valence-electron chi connectivity index (χ3n) is 6.89. The van der Waals surface area contributed by atoms with Gasteiger partial charge in [-0.15, -0.1) is 0 Å². The molecule has 2 aromatic carbocycles. The number of benzene rings is 2. The van der Waals surface area contributed by atoms with Crippen LogP contribution < -0.4 is 0 Å². The summed E-state index contributed by atoms with van der Waals surface area (Å²) in [5, 5.41) is 0.803. The molecule has 0 aromatic heterocycles. The Morgan fingerprint density at radius 1 is 0.759 bits per heavy atom. The molecule has 1 fully saturated rings. The number of nitrogens with zero attached hydrogens (tertiary/aromatic N) is 3. The van der Waals surface area contributed by atoms with Crippen LogP contribution in [0.2, 0.25) is 5.02 Å². The van der Waals surface area contributed by atoms with E-state index in [2.05, 4.69) is 57.2 Å². The normalized spacial score (nSPS) is 21.2. The first-order valence-corrected chi connectivity index (χ1v) is 11.4. The van der Waals surface area contributed by atoms with Gasteiger partial charge in [-0.05, 0) is 41.7 Å². The molecule has 2 bridgehead atoms. The van der Waals surface area contributed by atoms with Crippen molar-refractivity contribution in [2.45, 2.75) is 25.3 Å². The highest BCUT2D eigenvalue weighted by molar-refractivity contribution is 6.30. The van der Waals surface area contributed by atoms with Crippen LogP contribution in [0.5, 0.6) is 0 Å². The highest BCUT2D eigenvalue weighted by atomic mass is 35.5. The van der Waals surface area contributed by atoms with Gasteiger partial charge in [0, 0.05) is 63.0 Å². The molecule has 0 amide bonds. The van der Waals surface area contributed by atoms with E-state index in [9.17, 15) is 0 Å². The Morgan fingerprint density at radius 2 is 1.41 bits per heavy atom. The van der Waals surface area contributed by atoms with Crippen LogP contribution in [0.25, 0.3) is 0 Å². The zero-order chi connectivity index (χ0) is 19.6. The van der Waals surface area contributed by atoms with Gasteiger partial charge in [0.05, 0.1) is 6.04 Å². The third-order valence-corrected chi connectivity index (χ3v) is 7.15. The molecule has 1 saturated heterocycles. The number of hydrogen-bond acceptors (Lipinski definition) is 3. The van der Waals surface area contributed by atoms with E-state index in [1.54, 1.807) is 11.3 Å². The second-order valence-corrected chi connectivity index (χ2v) is 8.97. The van der Waals surface area contributed by atoms with Crippen LogP contribution in [-0.2, 0) is 0 Å². The number of halogens is 1. The van der Waals surface area contributed by atoms with Crippen molar-refractivity contribution < 1.29 is 0 Å². The molecule has 3 nitrogen and oxygen atoms in total. The molecule has 3 aliphatic rings. The van der Waals surface area contributed by atoms with E-state index in [0.29, 0.717) is 6.04 Å². The molecule has 0 N–H and O–H groups in total. The van der Waals surface area contributed by atoms with Crippen LogP contribution in [0, 0.1) is 0 Å². The monoisotopic (exact) mass is 407 g/mol. The fourth-order valence-corrected chi connectivity index (χ4v) is 5.42. The first kappa shape index (κ1) is 19.2. The maximum atomic E-state index is 6.15. The van der Waals surface area contributed by atoms with Crippen molar-refractivity contribution in [1.82, 2.24) is 14.7 Å². The summed E-state index contributed by atoms with van der Waals surface area (Å²) in [6, 6.07) is 19.6. The Balaban J connectivity index is 1.24. The SMILES string of the molecule is Clc1ccc(C(c2ccccc2)N2CCN(CCC3=C4CCN3CC4)CC2)cc1. The molecule has 0 spiro atoms. The molecule has 152 valence electrons. The lowest BCUT2D eigenvalue weighted by molar-refractivity contribution is 0.109. The fraction of sp³-hybridized carbons (Fsp3) is 0.440. The lowest BCUT2D eigenvalue weighted by Gasteiger charge is -2.40. The van der Waals surface area contributed by atoms with Gasteiger partial charge in [-0.1, -0.05) is 54.1 Å². The Labute approximate surface area is 179 Å². The Bertz CT molecular complexity index is 843. The zero-order valence-electron chi connectivity index (χ0n) is 17.1. The molecule has 3 aliphatic heterocycles. The Hall–Kier alpha value is -1.81. The van der Waals surface area contributed by atoms with Crippen LogP contribution in [0.4, 0.5) is 0 Å². The summed E-state index contributed by atoms with van der Waals surface area (Å²) in [6.07, 6.45) is 3.89. The van der Waals surface area contributed by atoms with Gasteiger partial charge in [0.1, 0.15) is 0 Å². The van der Waals surface area contributed by atoms with Gasteiger partial charge in [-0.2, -0.15) is 0 Å². The number of piperazine rings is 1. The topological polar surface area (TPSA) is 9.72 Å². The van der Waals surface area contributed by atoms with E-state index < -0.39 is 0 Å². The summed E-state index contributed by atoms with van der Waals surface area (Å²) in [4.78, 5) is 7.92.